The van der Waals surface area contributed by atoms with Gasteiger partial charge in [0.15, 0.2) is 5.16 Å². The Morgan fingerprint density at radius 3 is 2.49 bits per heavy atom. The Morgan fingerprint density at radius 2 is 1.78 bits per heavy atom. The Balaban J connectivity index is 1.52. The predicted molar refractivity (Wildman–Crippen MR) is 146 cm³/mol. The van der Waals surface area contributed by atoms with E-state index in [9.17, 15) is 19.2 Å². The molecule has 12 heteroatoms. The largest absolute Gasteiger partial charge is 0.462 e. The van der Waals surface area contributed by atoms with E-state index in [2.05, 4.69) is 15.3 Å². The van der Waals surface area contributed by atoms with Crippen molar-refractivity contribution in [3.05, 3.63) is 62.1 Å². The summed E-state index contributed by atoms with van der Waals surface area (Å²) in [6.45, 7) is 5.27. The van der Waals surface area contributed by atoms with E-state index in [0.29, 0.717) is 20.9 Å². The number of rotatable bonds is 9. The van der Waals surface area contributed by atoms with E-state index in [1.165, 1.54) is 11.3 Å². The molecule has 0 fully saturated rings. The lowest BCUT2D eigenvalue weighted by Gasteiger charge is -2.07. The first-order chi connectivity index (χ1) is 17.8. The number of hydrogen-bond donors (Lipinski definition) is 2. The standard InChI is InChI=1S/C25H23N3O6S3/c1-4-33-23(31)17-13(3)19(24(32)34-5-2)37-22(17)26-16(29)12-36-25-27-20(30)18-15(11-35-21(18)28-25)14-9-7-6-8-10-14/h6-11H,4-5,12H2,1-3H3,(H,26,29)(H,27,28,30). The van der Waals surface area contributed by atoms with Crippen LogP contribution in [0.1, 0.15) is 39.4 Å². The minimum atomic E-state index is -0.641. The molecule has 1 aromatic carbocycles. The van der Waals surface area contributed by atoms with Gasteiger partial charge in [-0.05, 0) is 31.9 Å². The number of thioether (sulfide) groups is 1. The smallest absolute Gasteiger partial charge is 0.348 e. The molecule has 0 saturated heterocycles. The van der Waals surface area contributed by atoms with Gasteiger partial charge in [0.05, 0.1) is 29.9 Å². The highest BCUT2D eigenvalue weighted by atomic mass is 32.2. The first-order valence-electron chi connectivity index (χ1n) is 11.3. The minimum Gasteiger partial charge on any atom is -0.462 e. The van der Waals surface area contributed by atoms with Crippen molar-refractivity contribution in [1.29, 1.82) is 0 Å². The Morgan fingerprint density at radius 1 is 1.08 bits per heavy atom. The van der Waals surface area contributed by atoms with Crippen LogP contribution < -0.4 is 10.9 Å². The molecule has 3 heterocycles. The lowest BCUT2D eigenvalue weighted by atomic mass is 10.1. The second-order valence-corrected chi connectivity index (χ2v) is 10.4. The molecule has 0 saturated carbocycles. The van der Waals surface area contributed by atoms with Gasteiger partial charge in [-0.2, -0.15) is 0 Å². The van der Waals surface area contributed by atoms with Crippen LogP contribution in [0.2, 0.25) is 0 Å². The monoisotopic (exact) mass is 557 g/mol. The third-order valence-corrected chi connectivity index (χ3v) is 8.12. The molecule has 1 amide bonds. The van der Waals surface area contributed by atoms with Crippen molar-refractivity contribution in [2.45, 2.75) is 25.9 Å². The summed E-state index contributed by atoms with van der Waals surface area (Å²) < 4.78 is 10.2. The molecule has 0 radical (unpaired) electrons. The summed E-state index contributed by atoms with van der Waals surface area (Å²) in [7, 11) is 0. The Labute approximate surface area is 224 Å². The van der Waals surface area contributed by atoms with Gasteiger partial charge in [0.2, 0.25) is 5.91 Å². The first-order valence-corrected chi connectivity index (χ1v) is 14.0. The van der Waals surface area contributed by atoms with Crippen molar-refractivity contribution >= 4 is 67.5 Å². The summed E-state index contributed by atoms with van der Waals surface area (Å²) in [6.07, 6.45) is 0. The second-order valence-electron chi connectivity index (χ2n) is 7.60. The molecule has 37 heavy (non-hydrogen) atoms. The first kappa shape index (κ1) is 26.6. The van der Waals surface area contributed by atoms with E-state index in [1.807, 2.05) is 35.7 Å². The van der Waals surface area contributed by atoms with E-state index in [1.54, 1.807) is 20.8 Å². The van der Waals surface area contributed by atoms with Crippen molar-refractivity contribution in [2.24, 2.45) is 0 Å². The summed E-state index contributed by atoms with van der Waals surface area (Å²) in [5.41, 5.74) is 1.94. The number of aromatic nitrogens is 2. The molecule has 4 aromatic rings. The maximum atomic E-state index is 12.8. The van der Waals surface area contributed by atoms with Crippen LogP contribution in [0.3, 0.4) is 0 Å². The number of nitrogens with zero attached hydrogens (tertiary/aromatic N) is 1. The molecule has 0 spiro atoms. The van der Waals surface area contributed by atoms with Crippen molar-refractivity contribution in [2.75, 3.05) is 24.3 Å². The zero-order chi connectivity index (χ0) is 26.5. The molecule has 9 nitrogen and oxygen atoms in total. The summed E-state index contributed by atoms with van der Waals surface area (Å²) in [5.74, 6) is -1.74. The lowest BCUT2D eigenvalue weighted by Crippen LogP contribution is -2.17. The molecule has 0 aliphatic carbocycles. The van der Waals surface area contributed by atoms with Gasteiger partial charge in [0.1, 0.15) is 14.7 Å². The number of carbonyl (C=O) groups excluding carboxylic acids is 3. The average molecular weight is 558 g/mol. The number of esters is 2. The molecular weight excluding hydrogens is 534 g/mol. The maximum Gasteiger partial charge on any atom is 0.348 e. The highest BCUT2D eigenvalue weighted by Gasteiger charge is 2.27. The van der Waals surface area contributed by atoms with Crippen LogP contribution in [0.5, 0.6) is 0 Å². The number of nitrogens with one attached hydrogen (secondary N) is 2. The number of H-pyrrole nitrogens is 1. The highest BCUT2D eigenvalue weighted by molar-refractivity contribution is 7.99. The number of fused-ring (bicyclic) bond motifs is 1. The molecule has 0 atom stereocenters. The summed E-state index contributed by atoms with van der Waals surface area (Å²) >= 11 is 3.37. The number of amides is 1. The van der Waals surface area contributed by atoms with Gasteiger partial charge in [-0.15, -0.1) is 22.7 Å². The van der Waals surface area contributed by atoms with Gasteiger partial charge in [0, 0.05) is 10.9 Å². The van der Waals surface area contributed by atoms with Crippen LogP contribution in [0.15, 0.2) is 45.7 Å². The highest BCUT2D eigenvalue weighted by Crippen LogP contribution is 2.35. The molecule has 192 valence electrons. The van der Waals surface area contributed by atoms with E-state index in [0.717, 1.165) is 34.2 Å². The topological polar surface area (TPSA) is 127 Å². The van der Waals surface area contributed by atoms with Gasteiger partial charge in [-0.25, -0.2) is 14.6 Å². The van der Waals surface area contributed by atoms with Crippen molar-refractivity contribution in [3.63, 3.8) is 0 Å². The normalized spacial score (nSPS) is 10.9. The fourth-order valence-electron chi connectivity index (χ4n) is 3.57. The quantitative estimate of drug-likeness (QED) is 0.165. The molecule has 3 aromatic heterocycles. The van der Waals surface area contributed by atoms with Gasteiger partial charge >= 0.3 is 11.9 Å². The summed E-state index contributed by atoms with van der Waals surface area (Å²) in [6, 6.07) is 9.57. The van der Waals surface area contributed by atoms with E-state index < -0.39 is 17.8 Å². The molecule has 0 aliphatic rings. The molecular formula is C25H23N3O6S3. The van der Waals surface area contributed by atoms with Crippen LogP contribution in [0, 0.1) is 6.92 Å². The lowest BCUT2D eigenvalue weighted by molar-refractivity contribution is -0.113. The molecule has 2 N–H and O–H groups in total. The molecule has 0 aliphatic heterocycles. The van der Waals surface area contributed by atoms with Crippen LogP contribution >= 0.6 is 34.4 Å². The predicted octanol–water partition coefficient (Wildman–Crippen LogP) is 5.11. The molecule has 0 bridgehead atoms. The van der Waals surface area contributed by atoms with Gasteiger partial charge in [0.25, 0.3) is 5.56 Å². The Kier molecular flexibility index (Phi) is 8.41. The third kappa shape index (κ3) is 5.76. The number of carbonyl (C=O) groups is 3. The van der Waals surface area contributed by atoms with Crippen LogP contribution in [0.25, 0.3) is 21.3 Å². The average Bonchev–Trinajstić information content (AvgIpc) is 3.45. The van der Waals surface area contributed by atoms with E-state index in [4.69, 9.17) is 9.47 Å². The number of thiophene rings is 2. The number of benzene rings is 1. The second kappa shape index (κ2) is 11.7. The van der Waals surface area contributed by atoms with E-state index in [-0.39, 0.29) is 40.0 Å². The summed E-state index contributed by atoms with van der Waals surface area (Å²) in [4.78, 5) is 58.5. The van der Waals surface area contributed by atoms with Crippen LogP contribution in [-0.4, -0.2) is 46.8 Å². The van der Waals surface area contributed by atoms with Crippen molar-refractivity contribution < 1.29 is 23.9 Å². The maximum absolute atomic E-state index is 12.8. The van der Waals surface area contributed by atoms with Gasteiger partial charge in [-0.1, -0.05) is 42.1 Å². The van der Waals surface area contributed by atoms with Crippen LogP contribution in [0.4, 0.5) is 5.00 Å². The minimum absolute atomic E-state index is 0.0840. The fraction of sp³-hybridized carbons (Fsp3) is 0.240. The molecule has 4 rings (SSSR count). The number of aromatic amines is 1. The Hall–Kier alpha value is -3.48. The number of hydrogen-bond acceptors (Lipinski definition) is 10. The van der Waals surface area contributed by atoms with E-state index >= 15 is 0 Å². The van der Waals surface area contributed by atoms with Crippen molar-refractivity contribution in [3.8, 4) is 11.1 Å². The third-order valence-electron chi connectivity index (χ3n) is 5.19. The van der Waals surface area contributed by atoms with Crippen LogP contribution in [-0.2, 0) is 14.3 Å². The summed E-state index contributed by atoms with van der Waals surface area (Å²) in [5, 5.41) is 5.58. The Bertz CT molecular complexity index is 1520. The molecule has 0 unspecified atom stereocenters. The zero-order valence-electron chi connectivity index (χ0n) is 20.2. The van der Waals surface area contributed by atoms with Gasteiger partial charge < -0.3 is 19.8 Å². The zero-order valence-corrected chi connectivity index (χ0v) is 22.7. The number of ether oxygens (including phenoxy) is 2. The van der Waals surface area contributed by atoms with Gasteiger partial charge in [-0.3, -0.25) is 9.59 Å². The van der Waals surface area contributed by atoms with Crippen molar-refractivity contribution in [1.82, 2.24) is 9.97 Å². The number of anilines is 1. The fourth-order valence-corrected chi connectivity index (χ4v) is 6.34. The SMILES string of the molecule is CCOC(=O)c1sc(NC(=O)CSc2nc3scc(-c4ccccc4)c3c(=O)[nH]2)c(C(=O)OCC)c1C.